The van der Waals surface area contributed by atoms with E-state index in [0.29, 0.717) is 5.56 Å². The van der Waals surface area contributed by atoms with Gasteiger partial charge in [-0.1, -0.05) is 47.5 Å². The Morgan fingerprint density at radius 2 is 1.55 bits per heavy atom. The molecular formula is C25H20ClNO6. The van der Waals surface area contributed by atoms with Gasteiger partial charge in [-0.05, 0) is 50.1 Å². The summed E-state index contributed by atoms with van der Waals surface area (Å²) in [5, 5.41) is 11.0. The number of carbonyl (C=O) groups excluding carboxylic acids is 3. The number of esters is 1. The van der Waals surface area contributed by atoms with Crippen molar-refractivity contribution in [2.45, 2.75) is 20.8 Å². The minimum atomic E-state index is -0.849. The predicted molar refractivity (Wildman–Crippen MR) is 123 cm³/mol. The van der Waals surface area contributed by atoms with Crippen molar-refractivity contribution in [2.75, 3.05) is 6.61 Å². The maximum atomic E-state index is 13.0. The van der Waals surface area contributed by atoms with Crippen LogP contribution in [-0.4, -0.2) is 29.1 Å². The monoisotopic (exact) mass is 465 g/mol. The molecule has 0 unspecified atom stereocenters. The van der Waals surface area contributed by atoms with E-state index >= 15 is 0 Å². The summed E-state index contributed by atoms with van der Waals surface area (Å²) in [5.41, 5.74) is 2.60. The number of Topliss-reactive ketones (excluding diaryl/α,β-unsaturated/α-hetero) is 1. The Kier molecular flexibility index (Phi) is 7.04. The molecule has 0 aliphatic heterocycles. The fourth-order valence-corrected chi connectivity index (χ4v) is 3.90. The highest BCUT2D eigenvalue weighted by Crippen LogP contribution is 2.27. The summed E-state index contributed by atoms with van der Waals surface area (Å²) in [5.74, 6) is -1.81. The average Bonchev–Trinajstić information content (AvgIpc) is 2.76. The largest absolute Gasteiger partial charge is 0.454 e. The van der Waals surface area contributed by atoms with E-state index < -0.39 is 29.0 Å². The van der Waals surface area contributed by atoms with E-state index in [0.717, 1.165) is 22.8 Å². The lowest BCUT2D eigenvalue weighted by Crippen LogP contribution is -2.18. The molecule has 0 spiro atoms. The van der Waals surface area contributed by atoms with Crippen LogP contribution in [0.4, 0.5) is 5.69 Å². The molecule has 168 valence electrons. The molecule has 0 aliphatic rings. The highest BCUT2D eigenvalue weighted by Gasteiger charge is 2.23. The normalized spacial score (nSPS) is 10.5. The topological polar surface area (TPSA) is 104 Å². The van der Waals surface area contributed by atoms with Crippen molar-refractivity contribution in [1.29, 1.82) is 0 Å². The first-order chi connectivity index (χ1) is 15.6. The molecule has 0 radical (unpaired) electrons. The number of rotatable bonds is 7. The number of ether oxygens (including phenoxy) is 1. The summed E-state index contributed by atoms with van der Waals surface area (Å²) >= 11 is 5.82. The summed E-state index contributed by atoms with van der Waals surface area (Å²) in [6, 6.07) is 13.3. The van der Waals surface area contributed by atoms with Crippen molar-refractivity contribution < 1.29 is 24.0 Å². The summed E-state index contributed by atoms with van der Waals surface area (Å²) in [6.45, 7) is 5.07. The lowest BCUT2D eigenvalue weighted by atomic mass is 9.97. The van der Waals surface area contributed by atoms with Gasteiger partial charge in [0.15, 0.2) is 12.4 Å². The van der Waals surface area contributed by atoms with E-state index in [9.17, 15) is 24.5 Å². The maximum absolute atomic E-state index is 13.0. The summed E-state index contributed by atoms with van der Waals surface area (Å²) in [4.78, 5) is 48.9. The van der Waals surface area contributed by atoms with Gasteiger partial charge in [0.25, 0.3) is 5.69 Å². The van der Waals surface area contributed by atoms with Gasteiger partial charge in [-0.2, -0.15) is 0 Å². The Morgan fingerprint density at radius 3 is 2.15 bits per heavy atom. The van der Waals surface area contributed by atoms with Gasteiger partial charge in [-0.3, -0.25) is 19.7 Å². The molecule has 0 bridgehead atoms. The Morgan fingerprint density at radius 1 is 0.939 bits per heavy atom. The minimum absolute atomic E-state index is 0.00531. The first kappa shape index (κ1) is 23.8. The van der Waals surface area contributed by atoms with Crippen molar-refractivity contribution in [2.24, 2.45) is 0 Å². The van der Waals surface area contributed by atoms with Crippen LogP contribution in [0.1, 0.15) is 53.3 Å². The molecule has 3 rings (SSSR count). The number of halogens is 1. The quantitative estimate of drug-likeness (QED) is 0.199. The van der Waals surface area contributed by atoms with E-state index in [1.807, 2.05) is 32.9 Å². The zero-order valence-corrected chi connectivity index (χ0v) is 18.9. The third-order valence-corrected chi connectivity index (χ3v) is 5.41. The average molecular weight is 466 g/mol. The number of benzene rings is 3. The zero-order valence-electron chi connectivity index (χ0n) is 18.2. The number of hydrogen-bond acceptors (Lipinski definition) is 6. The summed E-state index contributed by atoms with van der Waals surface area (Å²) in [7, 11) is 0. The van der Waals surface area contributed by atoms with Crippen LogP contribution < -0.4 is 0 Å². The lowest BCUT2D eigenvalue weighted by molar-refractivity contribution is -0.384. The first-order valence-electron chi connectivity index (χ1n) is 9.96. The van der Waals surface area contributed by atoms with Gasteiger partial charge >= 0.3 is 5.97 Å². The molecule has 0 heterocycles. The molecule has 33 heavy (non-hydrogen) atoms. The molecule has 3 aromatic rings. The number of carbonyl (C=O) groups is 3. The SMILES string of the molecule is Cc1cc(C)c(C(=O)COC(=O)c2ccccc2C(=O)c2ccc(Cl)c([N+](=O)[O-])c2)c(C)c1. The first-order valence-corrected chi connectivity index (χ1v) is 10.3. The van der Waals surface area contributed by atoms with E-state index in [-0.39, 0.29) is 27.5 Å². The highest BCUT2D eigenvalue weighted by molar-refractivity contribution is 6.33. The number of nitro groups is 1. The van der Waals surface area contributed by atoms with Gasteiger partial charge in [0.05, 0.1) is 10.5 Å². The Bertz CT molecular complexity index is 1270. The molecule has 0 saturated carbocycles. The van der Waals surface area contributed by atoms with Crippen molar-refractivity contribution in [3.63, 3.8) is 0 Å². The lowest BCUT2D eigenvalue weighted by Gasteiger charge is -2.12. The molecule has 3 aromatic carbocycles. The Labute approximate surface area is 195 Å². The molecular weight excluding hydrogens is 446 g/mol. The molecule has 0 amide bonds. The third kappa shape index (κ3) is 5.15. The second-order valence-corrected chi connectivity index (χ2v) is 7.98. The molecule has 0 atom stereocenters. The molecule has 0 N–H and O–H groups in total. The van der Waals surface area contributed by atoms with E-state index in [1.165, 1.54) is 24.3 Å². The smallest absolute Gasteiger partial charge is 0.339 e. The number of hydrogen-bond donors (Lipinski definition) is 0. The van der Waals surface area contributed by atoms with E-state index in [4.69, 9.17) is 16.3 Å². The fraction of sp³-hybridized carbons (Fsp3) is 0.160. The predicted octanol–water partition coefficient (Wildman–Crippen LogP) is 5.44. The number of nitrogens with zero attached hydrogens (tertiary/aromatic N) is 1. The Hall–Kier alpha value is -3.84. The van der Waals surface area contributed by atoms with Crippen molar-refractivity contribution >= 4 is 34.8 Å². The number of aryl methyl sites for hydroxylation is 3. The second-order valence-electron chi connectivity index (χ2n) is 7.57. The standard InChI is InChI=1S/C25H20ClNO6/c1-14-10-15(2)23(16(3)11-14)22(28)13-33-25(30)19-7-5-4-6-18(19)24(29)17-8-9-20(26)21(12-17)27(31)32/h4-12H,13H2,1-3H3. The molecule has 7 nitrogen and oxygen atoms in total. The van der Waals surface area contributed by atoms with Crippen LogP contribution in [0.15, 0.2) is 54.6 Å². The molecule has 0 fully saturated rings. The molecule has 0 aromatic heterocycles. The summed E-state index contributed by atoms with van der Waals surface area (Å²) < 4.78 is 5.22. The van der Waals surface area contributed by atoms with Crippen molar-refractivity contribution in [3.8, 4) is 0 Å². The Balaban J connectivity index is 1.84. The van der Waals surface area contributed by atoms with Crippen LogP contribution in [0.2, 0.25) is 5.02 Å². The van der Waals surface area contributed by atoms with Crippen molar-refractivity contribution in [3.05, 3.63) is 109 Å². The van der Waals surface area contributed by atoms with Crippen LogP contribution in [0.3, 0.4) is 0 Å². The fourth-order valence-electron chi connectivity index (χ4n) is 3.71. The van der Waals surface area contributed by atoms with Crippen LogP contribution in [0.25, 0.3) is 0 Å². The van der Waals surface area contributed by atoms with Gasteiger partial charge in [0.2, 0.25) is 5.78 Å². The van der Waals surface area contributed by atoms with Gasteiger partial charge < -0.3 is 4.74 Å². The van der Waals surface area contributed by atoms with Crippen LogP contribution in [0, 0.1) is 30.9 Å². The van der Waals surface area contributed by atoms with Gasteiger partial charge in [-0.15, -0.1) is 0 Å². The van der Waals surface area contributed by atoms with Gasteiger partial charge in [0, 0.05) is 22.8 Å². The van der Waals surface area contributed by atoms with Gasteiger partial charge in [-0.25, -0.2) is 4.79 Å². The van der Waals surface area contributed by atoms with E-state index in [1.54, 1.807) is 12.1 Å². The zero-order chi connectivity index (χ0) is 24.3. The highest BCUT2D eigenvalue weighted by atomic mass is 35.5. The maximum Gasteiger partial charge on any atom is 0.339 e. The minimum Gasteiger partial charge on any atom is -0.454 e. The molecule has 0 aliphatic carbocycles. The number of nitro benzene ring substituents is 1. The van der Waals surface area contributed by atoms with Crippen LogP contribution >= 0.6 is 11.6 Å². The van der Waals surface area contributed by atoms with Gasteiger partial charge in [0.1, 0.15) is 5.02 Å². The van der Waals surface area contributed by atoms with Crippen LogP contribution in [-0.2, 0) is 4.74 Å². The molecule has 8 heteroatoms. The third-order valence-electron chi connectivity index (χ3n) is 5.09. The van der Waals surface area contributed by atoms with Crippen molar-refractivity contribution in [1.82, 2.24) is 0 Å². The van der Waals surface area contributed by atoms with Crippen LogP contribution in [0.5, 0.6) is 0 Å². The van der Waals surface area contributed by atoms with E-state index in [2.05, 4.69) is 0 Å². The number of ketones is 2. The molecule has 0 saturated heterocycles. The summed E-state index contributed by atoms with van der Waals surface area (Å²) in [6.07, 6.45) is 0. The second kappa shape index (κ2) is 9.75.